The lowest BCUT2D eigenvalue weighted by atomic mass is 10.3. The monoisotopic (exact) mass is 165 g/mol. The highest BCUT2D eigenvalue weighted by molar-refractivity contribution is 5.91. The van der Waals surface area contributed by atoms with Crippen LogP contribution in [-0.2, 0) is 4.74 Å². The zero-order chi connectivity index (χ0) is 8.97. The molecule has 0 unspecified atom stereocenters. The summed E-state index contributed by atoms with van der Waals surface area (Å²) in [5.74, 6) is -0.525. The molecule has 0 spiro atoms. The summed E-state index contributed by atoms with van der Waals surface area (Å²) in [7, 11) is 0. The van der Waals surface area contributed by atoms with Crippen molar-refractivity contribution in [2.45, 2.75) is 6.92 Å². The second-order valence-electron chi connectivity index (χ2n) is 1.98. The Balaban J connectivity index is 2.88. The van der Waals surface area contributed by atoms with Gasteiger partial charge < -0.3 is 4.74 Å². The number of hydrogen-bond donors (Lipinski definition) is 1. The summed E-state index contributed by atoms with van der Waals surface area (Å²) in [5, 5.41) is 14.5. The van der Waals surface area contributed by atoms with E-state index in [-0.39, 0.29) is 17.9 Å². The number of rotatable bonds is 2. The van der Waals surface area contributed by atoms with Crippen LogP contribution in [0.1, 0.15) is 23.0 Å². The maximum atomic E-state index is 11.1. The molecule has 0 saturated heterocycles. The molecule has 0 radical (unpaired) electrons. The minimum atomic E-state index is -0.525. The van der Waals surface area contributed by atoms with Crippen molar-refractivity contribution in [3.8, 4) is 6.07 Å². The van der Waals surface area contributed by atoms with Gasteiger partial charge in [-0.3, -0.25) is 5.10 Å². The average Bonchev–Trinajstić information content (AvgIpc) is 2.51. The van der Waals surface area contributed by atoms with Crippen molar-refractivity contribution in [3.63, 3.8) is 0 Å². The fourth-order valence-electron chi connectivity index (χ4n) is 0.740. The number of nitriles is 1. The van der Waals surface area contributed by atoms with Crippen LogP contribution in [0.3, 0.4) is 0 Å². The van der Waals surface area contributed by atoms with E-state index in [2.05, 4.69) is 14.9 Å². The normalized spacial score (nSPS) is 9.00. The van der Waals surface area contributed by atoms with Gasteiger partial charge in [0.1, 0.15) is 11.6 Å². The number of esters is 1. The molecule has 5 nitrogen and oxygen atoms in total. The topological polar surface area (TPSA) is 78.8 Å². The van der Waals surface area contributed by atoms with Crippen LogP contribution in [0.15, 0.2) is 6.20 Å². The van der Waals surface area contributed by atoms with Crippen molar-refractivity contribution < 1.29 is 9.53 Å². The number of nitrogens with zero attached hydrogens (tertiary/aromatic N) is 2. The Bertz CT molecular complexity index is 324. The van der Waals surface area contributed by atoms with Crippen molar-refractivity contribution >= 4 is 5.97 Å². The Morgan fingerprint density at radius 1 is 1.92 bits per heavy atom. The summed E-state index contributed by atoms with van der Waals surface area (Å²) in [4.78, 5) is 11.1. The van der Waals surface area contributed by atoms with Crippen molar-refractivity contribution in [2.75, 3.05) is 6.61 Å². The highest BCUT2D eigenvalue weighted by Gasteiger charge is 2.13. The molecule has 0 aliphatic heterocycles. The van der Waals surface area contributed by atoms with Crippen LogP contribution in [-0.4, -0.2) is 22.8 Å². The highest BCUT2D eigenvalue weighted by Crippen LogP contribution is 2.04. The highest BCUT2D eigenvalue weighted by atomic mass is 16.5. The third-order valence-corrected chi connectivity index (χ3v) is 1.24. The quantitative estimate of drug-likeness (QED) is 0.645. The van der Waals surface area contributed by atoms with Crippen molar-refractivity contribution in [2.24, 2.45) is 0 Å². The predicted octanol–water partition coefficient (Wildman–Crippen LogP) is 0.458. The third-order valence-electron chi connectivity index (χ3n) is 1.24. The summed E-state index contributed by atoms with van der Waals surface area (Å²) in [6, 6.07) is 1.77. The van der Waals surface area contributed by atoms with E-state index in [0.717, 1.165) is 0 Å². The SMILES string of the molecule is CCOC(=O)c1c[nH]nc1C#N. The summed E-state index contributed by atoms with van der Waals surface area (Å²) in [5.41, 5.74) is 0.243. The van der Waals surface area contributed by atoms with Gasteiger partial charge in [-0.1, -0.05) is 0 Å². The fraction of sp³-hybridized carbons (Fsp3) is 0.286. The van der Waals surface area contributed by atoms with Gasteiger partial charge in [-0.25, -0.2) is 4.79 Å². The number of ether oxygens (including phenoxy) is 1. The number of H-pyrrole nitrogens is 1. The Morgan fingerprint density at radius 3 is 3.25 bits per heavy atom. The molecule has 1 rings (SSSR count). The first-order chi connectivity index (χ1) is 5.79. The summed E-state index contributed by atoms with van der Waals surface area (Å²) >= 11 is 0. The van der Waals surface area contributed by atoms with Gasteiger partial charge in [-0.05, 0) is 6.92 Å². The lowest BCUT2D eigenvalue weighted by Gasteiger charge is -1.96. The van der Waals surface area contributed by atoms with E-state index in [9.17, 15) is 4.79 Å². The van der Waals surface area contributed by atoms with Gasteiger partial charge in [0.2, 0.25) is 0 Å². The second-order valence-corrected chi connectivity index (χ2v) is 1.98. The van der Waals surface area contributed by atoms with Crippen LogP contribution in [0.5, 0.6) is 0 Å². The van der Waals surface area contributed by atoms with Crippen LogP contribution in [0.2, 0.25) is 0 Å². The van der Waals surface area contributed by atoms with Gasteiger partial charge in [-0.15, -0.1) is 0 Å². The molecular weight excluding hydrogens is 158 g/mol. The maximum absolute atomic E-state index is 11.1. The zero-order valence-corrected chi connectivity index (χ0v) is 6.50. The molecule has 5 heteroatoms. The van der Waals surface area contributed by atoms with Crippen LogP contribution < -0.4 is 0 Å². The zero-order valence-electron chi connectivity index (χ0n) is 6.50. The number of hydrogen-bond acceptors (Lipinski definition) is 4. The third kappa shape index (κ3) is 1.42. The molecule has 0 atom stereocenters. The van der Waals surface area contributed by atoms with Crippen LogP contribution in [0, 0.1) is 11.3 Å². The van der Waals surface area contributed by atoms with Crippen LogP contribution >= 0.6 is 0 Å². The molecule has 0 amide bonds. The number of aromatic amines is 1. The molecule has 0 aromatic carbocycles. The molecule has 1 aromatic heterocycles. The van der Waals surface area contributed by atoms with Crippen LogP contribution in [0.25, 0.3) is 0 Å². The Kier molecular flexibility index (Phi) is 2.43. The van der Waals surface area contributed by atoms with E-state index in [1.54, 1.807) is 13.0 Å². The molecule has 0 aliphatic rings. The van der Waals surface area contributed by atoms with Gasteiger partial charge in [-0.2, -0.15) is 10.4 Å². The smallest absolute Gasteiger partial charge is 0.342 e. The largest absolute Gasteiger partial charge is 0.462 e. The number of nitrogens with one attached hydrogen (secondary N) is 1. The first kappa shape index (κ1) is 8.27. The number of carbonyl (C=O) groups is 1. The van der Waals surface area contributed by atoms with Crippen molar-refractivity contribution in [3.05, 3.63) is 17.5 Å². The molecule has 0 saturated carbocycles. The Hall–Kier alpha value is -1.83. The fourth-order valence-corrected chi connectivity index (χ4v) is 0.740. The molecule has 12 heavy (non-hydrogen) atoms. The first-order valence-corrected chi connectivity index (χ1v) is 3.40. The molecule has 1 aromatic rings. The minimum Gasteiger partial charge on any atom is -0.462 e. The Labute approximate surface area is 69.0 Å². The maximum Gasteiger partial charge on any atom is 0.342 e. The van der Waals surface area contributed by atoms with E-state index < -0.39 is 5.97 Å². The summed E-state index contributed by atoms with van der Waals surface area (Å²) in [6.45, 7) is 1.99. The molecule has 0 aliphatic carbocycles. The predicted molar refractivity (Wildman–Crippen MR) is 39.3 cm³/mol. The van der Waals surface area contributed by atoms with E-state index in [4.69, 9.17) is 5.26 Å². The van der Waals surface area contributed by atoms with Gasteiger partial charge in [0.25, 0.3) is 0 Å². The van der Waals surface area contributed by atoms with E-state index >= 15 is 0 Å². The lowest BCUT2D eigenvalue weighted by Crippen LogP contribution is -2.05. The molecule has 1 N–H and O–H groups in total. The van der Waals surface area contributed by atoms with E-state index in [1.807, 2.05) is 0 Å². The molecular formula is C7H7N3O2. The Morgan fingerprint density at radius 2 is 2.67 bits per heavy atom. The molecule has 1 heterocycles. The van der Waals surface area contributed by atoms with E-state index in [1.165, 1.54) is 6.20 Å². The van der Waals surface area contributed by atoms with Crippen molar-refractivity contribution in [1.82, 2.24) is 10.2 Å². The van der Waals surface area contributed by atoms with Gasteiger partial charge in [0, 0.05) is 6.20 Å². The molecule has 0 bridgehead atoms. The molecule has 62 valence electrons. The standard InChI is InChI=1S/C7H7N3O2/c1-2-12-7(11)5-4-9-10-6(5)3-8/h4H,2H2,1H3,(H,9,10). The minimum absolute atomic E-state index is 0.0634. The van der Waals surface area contributed by atoms with Gasteiger partial charge in [0.05, 0.1) is 6.61 Å². The van der Waals surface area contributed by atoms with E-state index in [0.29, 0.717) is 0 Å². The molecule has 0 fully saturated rings. The van der Waals surface area contributed by atoms with Crippen molar-refractivity contribution in [1.29, 1.82) is 5.26 Å². The number of aromatic nitrogens is 2. The number of carbonyl (C=O) groups excluding carboxylic acids is 1. The lowest BCUT2D eigenvalue weighted by molar-refractivity contribution is 0.0526. The average molecular weight is 165 g/mol. The summed E-state index contributed by atoms with van der Waals surface area (Å²) in [6.07, 6.45) is 1.34. The van der Waals surface area contributed by atoms with Gasteiger partial charge >= 0.3 is 5.97 Å². The second kappa shape index (κ2) is 3.53. The summed E-state index contributed by atoms with van der Waals surface area (Å²) < 4.78 is 4.68. The first-order valence-electron chi connectivity index (χ1n) is 3.40. The van der Waals surface area contributed by atoms with Crippen LogP contribution in [0.4, 0.5) is 0 Å². The van der Waals surface area contributed by atoms with Gasteiger partial charge in [0.15, 0.2) is 5.69 Å².